The summed E-state index contributed by atoms with van der Waals surface area (Å²) in [5.74, 6) is -1.26. The minimum Gasteiger partial charge on any atom is -0.468 e. The van der Waals surface area contributed by atoms with Crippen LogP contribution in [-0.2, 0) is 16.1 Å². The van der Waals surface area contributed by atoms with Crippen molar-refractivity contribution in [1.82, 2.24) is 14.7 Å². The zero-order valence-corrected chi connectivity index (χ0v) is 14.9. The Morgan fingerprint density at radius 1 is 1.35 bits per heavy atom. The van der Waals surface area contributed by atoms with Crippen LogP contribution >= 0.6 is 0 Å². The molecule has 3 atom stereocenters. The highest BCUT2D eigenvalue weighted by Gasteiger charge is 2.55. The lowest BCUT2D eigenvalue weighted by molar-refractivity contribution is -0.175. The molecule has 2 bridgehead atoms. The van der Waals surface area contributed by atoms with E-state index < -0.39 is 17.6 Å². The number of fused-ring (bicyclic) bond motifs is 4. The highest BCUT2D eigenvalue weighted by molar-refractivity contribution is 6.01. The van der Waals surface area contributed by atoms with Crippen LogP contribution in [-0.4, -0.2) is 38.8 Å². The molecule has 0 aliphatic carbocycles. The number of carbonyl (C=O) groups is 2. The number of benzene rings is 1. The first-order valence-corrected chi connectivity index (χ1v) is 8.78. The Morgan fingerprint density at radius 3 is 2.81 bits per heavy atom. The summed E-state index contributed by atoms with van der Waals surface area (Å²) in [5, 5.41) is 4.26. The molecule has 26 heavy (non-hydrogen) atoms. The largest absolute Gasteiger partial charge is 0.468 e. The summed E-state index contributed by atoms with van der Waals surface area (Å²) in [6.45, 7) is 4.79. The van der Waals surface area contributed by atoms with E-state index in [4.69, 9.17) is 10.5 Å². The molecular formula is C19H22N4O3. The highest BCUT2D eigenvalue weighted by atomic mass is 16.5. The van der Waals surface area contributed by atoms with E-state index in [9.17, 15) is 9.59 Å². The number of ether oxygens (including phenoxy) is 1. The molecular weight excluding hydrogens is 332 g/mol. The quantitative estimate of drug-likeness (QED) is 0.841. The van der Waals surface area contributed by atoms with Gasteiger partial charge in [0.05, 0.1) is 6.54 Å². The first kappa shape index (κ1) is 16.6. The van der Waals surface area contributed by atoms with Crippen molar-refractivity contribution in [2.24, 2.45) is 11.7 Å². The maximum atomic E-state index is 13.2. The van der Waals surface area contributed by atoms with Crippen molar-refractivity contribution in [3.63, 3.8) is 0 Å². The fourth-order valence-electron chi connectivity index (χ4n) is 4.21. The van der Waals surface area contributed by atoms with Crippen molar-refractivity contribution >= 4 is 11.8 Å². The number of primary amides is 1. The minimum atomic E-state index is -0.869. The van der Waals surface area contributed by atoms with Gasteiger partial charge in [-0.2, -0.15) is 5.10 Å². The van der Waals surface area contributed by atoms with Gasteiger partial charge in [-0.3, -0.25) is 14.3 Å². The molecule has 3 unspecified atom stereocenters. The number of carbonyl (C=O) groups excluding carboxylic acids is 2. The summed E-state index contributed by atoms with van der Waals surface area (Å²) in [4.78, 5) is 26.9. The zero-order valence-electron chi connectivity index (χ0n) is 14.9. The van der Waals surface area contributed by atoms with Gasteiger partial charge in [-0.05, 0) is 31.5 Å². The van der Waals surface area contributed by atoms with Crippen LogP contribution in [0.25, 0.3) is 0 Å². The average Bonchev–Trinajstić information content (AvgIpc) is 2.99. The van der Waals surface area contributed by atoms with E-state index in [1.165, 1.54) is 0 Å². The number of amides is 2. The molecule has 2 N–H and O–H groups in total. The summed E-state index contributed by atoms with van der Waals surface area (Å²) in [6, 6.07) is 9.48. The summed E-state index contributed by atoms with van der Waals surface area (Å²) in [6.07, 6.45) is 2.27. The van der Waals surface area contributed by atoms with E-state index in [0.29, 0.717) is 25.3 Å². The number of nitrogens with two attached hydrogens (primary N) is 1. The van der Waals surface area contributed by atoms with Crippen molar-refractivity contribution in [3.05, 3.63) is 47.8 Å². The van der Waals surface area contributed by atoms with E-state index in [-0.39, 0.29) is 11.8 Å². The predicted molar refractivity (Wildman–Crippen MR) is 94.2 cm³/mol. The summed E-state index contributed by atoms with van der Waals surface area (Å²) < 4.78 is 8.06. The Morgan fingerprint density at radius 2 is 2.12 bits per heavy atom. The first-order valence-electron chi connectivity index (χ1n) is 8.78. The number of aryl methyl sites for hydroxylation is 1. The number of piperidine rings is 1. The second kappa shape index (κ2) is 5.86. The maximum Gasteiger partial charge on any atom is 0.238 e. The van der Waals surface area contributed by atoms with Crippen molar-refractivity contribution in [2.45, 2.75) is 38.5 Å². The fourth-order valence-corrected chi connectivity index (χ4v) is 4.21. The Kier molecular flexibility index (Phi) is 3.75. The van der Waals surface area contributed by atoms with Crippen LogP contribution in [0.3, 0.4) is 0 Å². The molecule has 1 aromatic heterocycles. The lowest BCUT2D eigenvalue weighted by Crippen LogP contribution is -2.65. The molecule has 1 saturated heterocycles. The van der Waals surface area contributed by atoms with Gasteiger partial charge in [-0.15, -0.1) is 0 Å². The third-order valence-corrected chi connectivity index (χ3v) is 5.52. The molecule has 1 aromatic carbocycles. The molecule has 0 saturated carbocycles. The molecule has 2 aromatic rings. The Hall–Kier alpha value is -2.83. The SMILES string of the molecule is Cc1ccnn1CCN1C(=O)C(C(N)=O)C2CC1(C)Oc1ccccc12. The van der Waals surface area contributed by atoms with E-state index in [2.05, 4.69) is 5.10 Å². The van der Waals surface area contributed by atoms with Gasteiger partial charge in [-0.1, -0.05) is 18.2 Å². The molecule has 7 nitrogen and oxygen atoms in total. The molecule has 1 fully saturated rings. The van der Waals surface area contributed by atoms with Crippen LogP contribution < -0.4 is 10.5 Å². The number of rotatable bonds is 4. The fraction of sp³-hybridized carbons (Fsp3) is 0.421. The van der Waals surface area contributed by atoms with Gasteiger partial charge in [0.2, 0.25) is 11.8 Å². The minimum absolute atomic E-state index is 0.252. The number of hydrogen-bond donors (Lipinski definition) is 1. The Balaban J connectivity index is 1.70. The normalized spacial score (nSPS) is 27.0. The molecule has 3 heterocycles. The Labute approximate surface area is 151 Å². The molecule has 2 aliphatic rings. The van der Waals surface area contributed by atoms with E-state index >= 15 is 0 Å². The smallest absolute Gasteiger partial charge is 0.238 e. The lowest BCUT2D eigenvalue weighted by Gasteiger charge is -2.52. The molecule has 2 aliphatic heterocycles. The number of likely N-dealkylation sites (tertiary alicyclic amines) is 1. The summed E-state index contributed by atoms with van der Waals surface area (Å²) in [7, 11) is 0. The number of para-hydroxylation sites is 1. The van der Waals surface area contributed by atoms with Gasteiger partial charge in [0.25, 0.3) is 0 Å². The molecule has 7 heteroatoms. The standard InChI is InChI=1S/C19H22N4O3/c1-12-7-8-21-23(12)10-9-22-18(25)16(17(20)24)14-11-19(22,2)26-15-6-4-3-5-13(14)15/h3-8,14,16H,9-11H2,1-2H3,(H2,20,24). The van der Waals surface area contributed by atoms with Crippen LogP contribution in [0.5, 0.6) is 5.75 Å². The summed E-state index contributed by atoms with van der Waals surface area (Å²) >= 11 is 0. The predicted octanol–water partition coefficient (Wildman–Crippen LogP) is 1.42. The van der Waals surface area contributed by atoms with E-state index in [1.54, 1.807) is 11.1 Å². The van der Waals surface area contributed by atoms with Crippen LogP contribution in [0.1, 0.15) is 30.5 Å². The third kappa shape index (κ3) is 2.46. The number of nitrogens with zero attached hydrogens (tertiary/aromatic N) is 3. The van der Waals surface area contributed by atoms with Crippen molar-refractivity contribution in [2.75, 3.05) is 6.54 Å². The van der Waals surface area contributed by atoms with Crippen LogP contribution in [0, 0.1) is 12.8 Å². The molecule has 0 spiro atoms. The topological polar surface area (TPSA) is 90.5 Å². The second-order valence-corrected chi connectivity index (χ2v) is 7.19. The Bertz CT molecular complexity index is 877. The van der Waals surface area contributed by atoms with Gasteiger partial charge in [0.1, 0.15) is 11.7 Å². The highest BCUT2D eigenvalue weighted by Crippen LogP contribution is 2.49. The van der Waals surface area contributed by atoms with Gasteiger partial charge in [0, 0.05) is 30.8 Å². The second-order valence-electron chi connectivity index (χ2n) is 7.19. The first-order chi connectivity index (χ1) is 12.4. The number of aromatic nitrogens is 2. The zero-order chi connectivity index (χ0) is 18.5. The molecule has 0 radical (unpaired) electrons. The van der Waals surface area contributed by atoms with Gasteiger partial charge < -0.3 is 15.4 Å². The van der Waals surface area contributed by atoms with E-state index in [0.717, 1.165) is 11.3 Å². The molecule has 136 valence electrons. The maximum absolute atomic E-state index is 13.2. The van der Waals surface area contributed by atoms with Gasteiger partial charge in [0.15, 0.2) is 5.72 Å². The summed E-state index contributed by atoms with van der Waals surface area (Å²) in [5.41, 5.74) is 6.72. The van der Waals surface area contributed by atoms with Crippen LogP contribution in [0.2, 0.25) is 0 Å². The van der Waals surface area contributed by atoms with Crippen LogP contribution in [0.4, 0.5) is 0 Å². The van der Waals surface area contributed by atoms with Gasteiger partial charge in [-0.25, -0.2) is 0 Å². The third-order valence-electron chi connectivity index (χ3n) is 5.52. The van der Waals surface area contributed by atoms with Crippen molar-refractivity contribution < 1.29 is 14.3 Å². The molecule has 2 amide bonds. The van der Waals surface area contributed by atoms with E-state index in [1.807, 2.05) is 48.9 Å². The number of hydrogen-bond acceptors (Lipinski definition) is 4. The van der Waals surface area contributed by atoms with Crippen molar-refractivity contribution in [1.29, 1.82) is 0 Å². The average molecular weight is 354 g/mol. The lowest BCUT2D eigenvalue weighted by atomic mass is 9.73. The van der Waals surface area contributed by atoms with Crippen LogP contribution in [0.15, 0.2) is 36.5 Å². The molecule has 4 rings (SSSR count). The van der Waals surface area contributed by atoms with Gasteiger partial charge >= 0.3 is 0 Å². The van der Waals surface area contributed by atoms with Crippen molar-refractivity contribution in [3.8, 4) is 5.75 Å². The monoisotopic (exact) mass is 354 g/mol.